The maximum Gasteiger partial charge on any atom is 0.255 e. The van der Waals surface area contributed by atoms with Crippen molar-refractivity contribution in [1.29, 1.82) is 0 Å². The predicted molar refractivity (Wildman–Crippen MR) is 136 cm³/mol. The molecule has 0 spiro atoms. The first kappa shape index (κ1) is 23.1. The number of hydrogen-bond donors (Lipinski definition) is 0. The fraction of sp³-hybridized carbons (Fsp3) is 0.333. The molecule has 1 saturated heterocycles. The number of thiophene rings is 1. The summed E-state index contributed by atoms with van der Waals surface area (Å²) in [7, 11) is 0. The minimum atomic E-state index is -0.0737. The van der Waals surface area contributed by atoms with Gasteiger partial charge in [0, 0.05) is 37.1 Å². The Bertz CT molecular complexity index is 1180. The summed E-state index contributed by atoms with van der Waals surface area (Å²) in [6, 6.07) is 19.8. The lowest BCUT2D eigenvalue weighted by Crippen LogP contribution is -2.57. The van der Waals surface area contributed by atoms with Crippen molar-refractivity contribution < 1.29 is 9.59 Å². The molecule has 3 heterocycles. The number of rotatable bonds is 4. The van der Waals surface area contributed by atoms with Crippen molar-refractivity contribution in [1.82, 2.24) is 14.7 Å². The third kappa shape index (κ3) is 4.50. The summed E-state index contributed by atoms with van der Waals surface area (Å²) in [5.74, 6) is 0.0478. The van der Waals surface area contributed by atoms with E-state index in [0.29, 0.717) is 36.8 Å². The normalized spacial score (nSPS) is 20.8. The molecule has 1 aromatic heterocycles. The van der Waals surface area contributed by atoms with Crippen LogP contribution in [0.15, 0.2) is 66.0 Å². The number of hydrogen-bond acceptors (Lipinski definition) is 4. The molecular weight excluding hydrogens is 466 g/mol. The van der Waals surface area contributed by atoms with E-state index in [-0.39, 0.29) is 23.9 Å². The molecular formula is C27H28ClN3O2S. The van der Waals surface area contributed by atoms with Crippen LogP contribution in [0.3, 0.4) is 0 Å². The van der Waals surface area contributed by atoms with Gasteiger partial charge in [0.15, 0.2) is 0 Å². The van der Waals surface area contributed by atoms with Gasteiger partial charge in [-0.05, 0) is 48.1 Å². The van der Waals surface area contributed by atoms with Gasteiger partial charge in [0.05, 0.1) is 23.2 Å². The number of fused-ring (bicyclic) bond motifs is 1. The number of piperazine rings is 1. The second-order valence-electron chi connectivity index (χ2n) is 9.00. The first-order valence-electron chi connectivity index (χ1n) is 11.7. The number of halogens is 1. The molecule has 0 saturated carbocycles. The largest absolute Gasteiger partial charge is 0.338 e. The molecule has 34 heavy (non-hydrogen) atoms. The highest BCUT2D eigenvalue weighted by atomic mass is 35.5. The van der Waals surface area contributed by atoms with E-state index in [4.69, 9.17) is 11.6 Å². The molecule has 5 rings (SSSR count). The van der Waals surface area contributed by atoms with Crippen molar-refractivity contribution in [2.75, 3.05) is 32.7 Å². The molecule has 2 unspecified atom stereocenters. The van der Waals surface area contributed by atoms with Crippen molar-refractivity contribution in [2.45, 2.75) is 25.4 Å². The molecule has 2 aliphatic heterocycles. The highest BCUT2D eigenvalue weighted by molar-refractivity contribution is 7.10. The van der Waals surface area contributed by atoms with E-state index >= 15 is 0 Å². The predicted octanol–water partition coefficient (Wildman–Crippen LogP) is 4.72. The Morgan fingerprint density at radius 2 is 1.76 bits per heavy atom. The smallest absolute Gasteiger partial charge is 0.255 e. The monoisotopic (exact) mass is 493 g/mol. The Labute approximate surface area is 209 Å². The van der Waals surface area contributed by atoms with Crippen LogP contribution < -0.4 is 0 Å². The van der Waals surface area contributed by atoms with Crippen LogP contribution >= 0.6 is 22.9 Å². The molecule has 2 aliphatic rings. The first-order valence-corrected chi connectivity index (χ1v) is 13.0. The fourth-order valence-corrected chi connectivity index (χ4v) is 6.23. The van der Waals surface area contributed by atoms with E-state index in [1.807, 2.05) is 34.9 Å². The topological polar surface area (TPSA) is 43.9 Å². The van der Waals surface area contributed by atoms with Gasteiger partial charge in [0.2, 0.25) is 5.91 Å². The molecule has 0 radical (unpaired) electrons. The third-order valence-electron chi connectivity index (χ3n) is 6.86. The first-order chi connectivity index (χ1) is 16.5. The zero-order valence-corrected chi connectivity index (χ0v) is 20.8. The van der Waals surface area contributed by atoms with Crippen molar-refractivity contribution in [2.24, 2.45) is 0 Å². The quantitative estimate of drug-likeness (QED) is 0.528. The number of carbonyl (C=O) groups is 2. The van der Waals surface area contributed by atoms with E-state index in [1.165, 1.54) is 16.0 Å². The molecule has 1 fully saturated rings. The summed E-state index contributed by atoms with van der Waals surface area (Å²) < 4.78 is 0. The lowest BCUT2D eigenvalue weighted by atomic mass is 9.93. The van der Waals surface area contributed by atoms with Gasteiger partial charge in [-0.25, -0.2) is 0 Å². The number of nitrogens with zero attached hydrogens (tertiary/aromatic N) is 3. The summed E-state index contributed by atoms with van der Waals surface area (Å²) in [5, 5.41) is 2.62. The minimum absolute atomic E-state index is 0.0729. The third-order valence-corrected chi connectivity index (χ3v) is 8.19. The number of benzene rings is 2. The maximum atomic E-state index is 13.4. The van der Waals surface area contributed by atoms with E-state index in [0.717, 1.165) is 13.0 Å². The summed E-state index contributed by atoms with van der Waals surface area (Å²) in [6.45, 7) is 4.81. The van der Waals surface area contributed by atoms with Crippen LogP contribution in [0.2, 0.25) is 5.02 Å². The van der Waals surface area contributed by atoms with Crippen LogP contribution in [0.25, 0.3) is 0 Å². The van der Waals surface area contributed by atoms with Crippen molar-refractivity contribution in [3.05, 3.63) is 92.6 Å². The van der Waals surface area contributed by atoms with Crippen LogP contribution in [0, 0.1) is 0 Å². The minimum Gasteiger partial charge on any atom is -0.338 e. The van der Waals surface area contributed by atoms with Gasteiger partial charge in [0.1, 0.15) is 0 Å². The molecule has 2 aromatic carbocycles. The van der Waals surface area contributed by atoms with Gasteiger partial charge >= 0.3 is 0 Å². The van der Waals surface area contributed by atoms with Crippen LogP contribution in [-0.2, 0) is 11.2 Å². The average molecular weight is 494 g/mol. The SMILES string of the molecule is CC1CN(C(=O)CN2CCc3sccc3C2c2ccccc2)CCN1C(=O)c1ccccc1Cl. The van der Waals surface area contributed by atoms with Gasteiger partial charge < -0.3 is 9.80 Å². The molecule has 0 aliphatic carbocycles. The number of carbonyl (C=O) groups excluding carboxylic acids is 2. The fourth-order valence-electron chi connectivity index (χ4n) is 5.11. The van der Waals surface area contributed by atoms with Gasteiger partial charge in [-0.15, -0.1) is 11.3 Å². The van der Waals surface area contributed by atoms with Crippen LogP contribution in [0.1, 0.15) is 39.3 Å². The highest BCUT2D eigenvalue weighted by Crippen LogP contribution is 2.37. The van der Waals surface area contributed by atoms with Gasteiger partial charge in [-0.1, -0.05) is 54.1 Å². The zero-order chi connectivity index (χ0) is 23.7. The summed E-state index contributed by atoms with van der Waals surface area (Å²) in [4.78, 5) is 33.9. The van der Waals surface area contributed by atoms with Crippen LogP contribution in [0.5, 0.6) is 0 Å². The second-order valence-corrected chi connectivity index (χ2v) is 10.4. The average Bonchev–Trinajstić information content (AvgIpc) is 3.33. The molecule has 5 nitrogen and oxygen atoms in total. The van der Waals surface area contributed by atoms with Crippen LogP contribution in [0.4, 0.5) is 0 Å². The van der Waals surface area contributed by atoms with Crippen molar-refractivity contribution in [3.63, 3.8) is 0 Å². The molecule has 0 N–H and O–H groups in total. The van der Waals surface area contributed by atoms with E-state index in [9.17, 15) is 9.59 Å². The lowest BCUT2D eigenvalue weighted by Gasteiger charge is -2.42. The van der Waals surface area contributed by atoms with Gasteiger partial charge in [-0.2, -0.15) is 0 Å². The summed E-state index contributed by atoms with van der Waals surface area (Å²) in [5.41, 5.74) is 3.05. The Kier molecular flexibility index (Phi) is 6.73. The molecule has 3 aromatic rings. The molecule has 2 amide bonds. The molecule has 0 bridgehead atoms. The van der Waals surface area contributed by atoms with E-state index in [1.54, 1.807) is 23.5 Å². The summed E-state index contributed by atoms with van der Waals surface area (Å²) in [6.07, 6.45) is 0.972. The standard InChI is InChI=1S/C27H28ClN3O2S/c1-19-17-29(14-15-31(19)27(33)21-9-5-6-10-23(21)28)25(32)18-30-13-11-24-22(12-16-34-24)26(30)20-7-3-2-4-8-20/h2-10,12,16,19,26H,11,13-15,17-18H2,1H3. The number of amides is 2. The van der Waals surface area contributed by atoms with Crippen molar-refractivity contribution in [3.8, 4) is 0 Å². The van der Waals surface area contributed by atoms with Gasteiger partial charge in [0.25, 0.3) is 5.91 Å². The van der Waals surface area contributed by atoms with Crippen LogP contribution in [-0.4, -0.2) is 65.3 Å². The second kappa shape index (κ2) is 9.90. The Morgan fingerprint density at radius 1 is 1.00 bits per heavy atom. The molecule has 176 valence electrons. The summed E-state index contributed by atoms with van der Waals surface area (Å²) >= 11 is 8.05. The lowest BCUT2D eigenvalue weighted by molar-refractivity contribution is -0.135. The van der Waals surface area contributed by atoms with E-state index in [2.05, 4.69) is 40.6 Å². The maximum absolute atomic E-state index is 13.4. The van der Waals surface area contributed by atoms with E-state index < -0.39 is 0 Å². The Morgan fingerprint density at radius 3 is 2.53 bits per heavy atom. The highest BCUT2D eigenvalue weighted by Gasteiger charge is 2.34. The Hall–Kier alpha value is -2.67. The molecule has 7 heteroatoms. The molecule has 2 atom stereocenters. The zero-order valence-electron chi connectivity index (χ0n) is 19.2. The Balaban J connectivity index is 1.28. The van der Waals surface area contributed by atoms with Crippen molar-refractivity contribution >= 4 is 34.8 Å². The van der Waals surface area contributed by atoms with Gasteiger partial charge in [-0.3, -0.25) is 14.5 Å².